The minimum atomic E-state index is -0.145. The van der Waals surface area contributed by atoms with Crippen molar-refractivity contribution in [2.45, 2.75) is 38.6 Å². The Bertz CT molecular complexity index is 400. The van der Waals surface area contributed by atoms with Crippen LogP contribution in [0.1, 0.15) is 44.2 Å². The van der Waals surface area contributed by atoms with E-state index < -0.39 is 0 Å². The molecular formula is C16H22FN. The molecule has 18 heavy (non-hydrogen) atoms. The second-order valence-corrected chi connectivity index (χ2v) is 5.07. The number of rotatable bonds is 5. The SMILES string of the molecule is CCC(NCC1CC=CCC1)c1cccc(F)c1. The third-order valence-corrected chi connectivity index (χ3v) is 3.69. The third-order valence-electron chi connectivity index (χ3n) is 3.69. The van der Waals surface area contributed by atoms with Crippen molar-refractivity contribution in [3.05, 3.63) is 47.8 Å². The van der Waals surface area contributed by atoms with E-state index in [-0.39, 0.29) is 11.9 Å². The summed E-state index contributed by atoms with van der Waals surface area (Å²) in [5.41, 5.74) is 1.06. The molecule has 0 heterocycles. The zero-order valence-corrected chi connectivity index (χ0v) is 11.0. The number of hydrogen-bond acceptors (Lipinski definition) is 1. The van der Waals surface area contributed by atoms with Gasteiger partial charge in [-0.2, -0.15) is 0 Å². The van der Waals surface area contributed by atoms with Gasteiger partial charge in [-0.05, 0) is 55.8 Å². The maximum absolute atomic E-state index is 13.2. The van der Waals surface area contributed by atoms with Gasteiger partial charge in [0.15, 0.2) is 0 Å². The first-order chi connectivity index (χ1) is 8.79. The van der Waals surface area contributed by atoms with Crippen molar-refractivity contribution in [3.8, 4) is 0 Å². The molecule has 0 saturated heterocycles. The summed E-state index contributed by atoms with van der Waals surface area (Å²) >= 11 is 0. The van der Waals surface area contributed by atoms with Crippen LogP contribution in [0.3, 0.4) is 0 Å². The fourth-order valence-electron chi connectivity index (χ4n) is 2.57. The normalized spacial score (nSPS) is 20.9. The van der Waals surface area contributed by atoms with Gasteiger partial charge in [0.2, 0.25) is 0 Å². The molecule has 0 radical (unpaired) electrons. The van der Waals surface area contributed by atoms with E-state index in [2.05, 4.69) is 24.4 Å². The Kier molecular flexibility index (Phi) is 4.94. The van der Waals surface area contributed by atoms with Gasteiger partial charge in [-0.15, -0.1) is 0 Å². The van der Waals surface area contributed by atoms with E-state index in [0.29, 0.717) is 0 Å². The van der Waals surface area contributed by atoms with Crippen LogP contribution in [0.4, 0.5) is 4.39 Å². The lowest BCUT2D eigenvalue weighted by atomic mass is 9.93. The summed E-state index contributed by atoms with van der Waals surface area (Å²) in [7, 11) is 0. The van der Waals surface area contributed by atoms with Gasteiger partial charge >= 0.3 is 0 Å². The first-order valence-electron chi connectivity index (χ1n) is 6.93. The van der Waals surface area contributed by atoms with Crippen molar-refractivity contribution in [3.63, 3.8) is 0 Å². The second-order valence-electron chi connectivity index (χ2n) is 5.07. The summed E-state index contributed by atoms with van der Waals surface area (Å²) in [6.07, 6.45) is 9.17. The number of halogens is 1. The summed E-state index contributed by atoms with van der Waals surface area (Å²) in [5, 5.41) is 3.58. The molecule has 2 heteroatoms. The Morgan fingerprint density at radius 3 is 2.94 bits per heavy atom. The molecule has 0 amide bonds. The molecule has 0 spiro atoms. The van der Waals surface area contributed by atoms with Crippen molar-refractivity contribution in [1.82, 2.24) is 5.32 Å². The van der Waals surface area contributed by atoms with E-state index in [0.717, 1.165) is 24.4 Å². The summed E-state index contributed by atoms with van der Waals surface area (Å²) in [5.74, 6) is 0.589. The predicted molar refractivity (Wildman–Crippen MR) is 73.9 cm³/mol. The lowest BCUT2D eigenvalue weighted by Gasteiger charge is -2.23. The molecule has 0 aromatic heterocycles. The van der Waals surface area contributed by atoms with Crippen LogP contribution in [0.15, 0.2) is 36.4 Å². The minimum absolute atomic E-state index is 0.145. The molecule has 1 aliphatic carbocycles. The number of allylic oxidation sites excluding steroid dienone is 2. The average molecular weight is 247 g/mol. The van der Waals surface area contributed by atoms with Crippen molar-refractivity contribution in [2.75, 3.05) is 6.54 Å². The van der Waals surface area contributed by atoms with Gasteiger partial charge in [0.25, 0.3) is 0 Å². The molecule has 2 atom stereocenters. The highest BCUT2D eigenvalue weighted by Gasteiger charge is 2.14. The Balaban J connectivity index is 1.91. The summed E-state index contributed by atoms with van der Waals surface area (Å²) in [6, 6.07) is 7.21. The molecule has 0 aliphatic heterocycles. The average Bonchev–Trinajstić information content (AvgIpc) is 2.41. The third kappa shape index (κ3) is 3.67. The maximum Gasteiger partial charge on any atom is 0.123 e. The molecule has 0 bridgehead atoms. The Morgan fingerprint density at radius 2 is 2.28 bits per heavy atom. The molecule has 1 aromatic rings. The van der Waals surface area contributed by atoms with Crippen LogP contribution in [-0.4, -0.2) is 6.54 Å². The standard InChI is InChI=1S/C16H22FN/c1-2-16(14-9-6-10-15(17)11-14)18-12-13-7-4-3-5-8-13/h3-4,6,9-11,13,16,18H,2,5,7-8,12H2,1H3. The van der Waals surface area contributed by atoms with Crippen LogP contribution in [0.25, 0.3) is 0 Å². The first-order valence-corrected chi connectivity index (χ1v) is 6.93. The number of nitrogens with one attached hydrogen (secondary N) is 1. The highest BCUT2D eigenvalue weighted by Crippen LogP contribution is 2.21. The number of benzene rings is 1. The van der Waals surface area contributed by atoms with Gasteiger partial charge in [-0.1, -0.05) is 31.2 Å². The molecule has 0 fully saturated rings. The number of hydrogen-bond donors (Lipinski definition) is 1. The van der Waals surface area contributed by atoms with Crippen molar-refractivity contribution < 1.29 is 4.39 Å². The predicted octanol–water partition coefficient (Wildman–Crippen LogP) is 4.22. The van der Waals surface area contributed by atoms with E-state index >= 15 is 0 Å². The van der Waals surface area contributed by atoms with Gasteiger partial charge in [0.1, 0.15) is 5.82 Å². The minimum Gasteiger partial charge on any atom is -0.310 e. The highest BCUT2D eigenvalue weighted by molar-refractivity contribution is 5.20. The van der Waals surface area contributed by atoms with Crippen LogP contribution in [0, 0.1) is 11.7 Å². The highest BCUT2D eigenvalue weighted by atomic mass is 19.1. The molecule has 1 nitrogen and oxygen atoms in total. The fraction of sp³-hybridized carbons (Fsp3) is 0.500. The summed E-state index contributed by atoms with van der Waals surface area (Å²) < 4.78 is 13.2. The lowest BCUT2D eigenvalue weighted by molar-refractivity contribution is 0.400. The zero-order chi connectivity index (χ0) is 12.8. The Labute approximate surface area is 109 Å². The largest absolute Gasteiger partial charge is 0.310 e. The van der Waals surface area contributed by atoms with E-state index in [9.17, 15) is 4.39 Å². The van der Waals surface area contributed by atoms with Gasteiger partial charge < -0.3 is 5.32 Å². The van der Waals surface area contributed by atoms with Gasteiger partial charge in [0.05, 0.1) is 0 Å². The maximum atomic E-state index is 13.2. The smallest absolute Gasteiger partial charge is 0.123 e. The summed E-state index contributed by atoms with van der Waals surface area (Å²) in [4.78, 5) is 0. The first kappa shape index (κ1) is 13.3. The van der Waals surface area contributed by atoms with Crippen LogP contribution >= 0.6 is 0 Å². The van der Waals surface area contributed by atoms with Gasteiger partial charge in [0, 0.05) is 6.04 Å². The Morgan fingerprint density at radius 1 is 1.39 bits per heavy atom. The lowest BCUT2D eigenvalue weighted by Crippen LogP contribution is -2.27. The van der Waals surface area contributed by atoms with Crippen LogP contribution in [0.2, 0.25) is 0 Å². The fourth-order valence-corrected chi connectivity index (χ4v) is 2.57. The van der Waals surface area contributed by atoms with Crippen molar-refractivity contribution in [1.29, 1.82) is 0 Å². The van der Waals surface area contributed by atoms with E-state index in [4.69, 9.17) is 0 Å². The molecule has 1 N–H and O–H groups in total. The topological polar surface area (TPSA) is 12.0 Å². The van der Waals surface area contributed by atoms with Crippen molar-refractivity contribution in [2.24, 2.45) is 5.92 Å². The monoisotopic (exact) mass is 247 g/mol. The Hall–Kier alpha value is -1.15. The van der Waals surface area contributed by atoms with Gasteiger partial charge in [-0.3, -0.25) is 0 Å². The summed E-state index contributed by atoms with van der Waals surface area (Å²) in [6.45, 7) is 3.17. The van der Waals surface area contributed by atoms with E-state index in [1.807, 2.05) is 6.07 Å². The molecule has 2 rings (SSSR count). The van der Waals surface area contributed by atoms with Crippen LogP contribution in [-0.2, 0) is 0 Å². The molecule has 1 aromatic carbocycles. The second kappa shape index (κ2) is 6.69. The molecular weight excluding hydrogens is 225 g/mol. The molecule has 98 valence electrons. The van der Waals surface area contributed by atoms with Gasteiger partial charge in [-0.25, -0.2) is 4.39 Å². The molecule has 0 saturated carbocycles. The quantitative estimate of drug-likeness (QED) is 0.768. The van der Waals surface area contributed by atoms with E-state index in [1.54, 1.807) is 12.1 Å². The van der Waals surface area contributed by atoms with Crippen molar-refractivity contribution >= 4 is 0 Å². The van der Waals surface area contributed by atoms with Crippen LogP contribution in [0.5, 0.6) is 0 Å². The molecule has 2 unspecified atom stereocenters. The molecule has 1 aliphatic rings. The van der Waals surface area contributed by atoms with E-state index in [1.165, 1.54) is 25.3 Å². The zero-order valence-electron chi connectivity index (χ0n) is 11.0. The van der Waals surface area contributed by atoms with Crippen LogP contribution < -0.4 is 5.32 Å².